The lowest BCUT2D eigenvalue weighted by Crippen LogP contribution is -2.25. The van der Waals surface area contributed by atoms with Crippen LogP contribution in [0.1, 0.15) is 48.2 Å². The lowest BCUT2D eigenvalue weighted by molar-refractivity contribution is 0.0696. The van der Waals surface area contributed by atoms with E-state index in [2.05, 4.69) is 24.7 Å². The van der Waals surface area contributed by atoms with Crippen molar-refractivity contribution in [2.45, 2.75) is 33.2 Å². The van der Waals surface area contributed by atoms with Gasteiger partial charge >= 0.3 is 5.97 Å². The van der Waals surface area contributed by atoms with Crippen molar-refractivity contribution < 1.29 is 9.90 Å². The highest BCUT2D eigenvalue weighted by atomic mass is 16.4. The van der Waals surface area contributed by atoms with Crippen LogP contribution in [-0.4, -0.2) is 29.1 Å². The van der Waals surface area contributed by atoms with Crippen LogP contribution in [0.2, 0.25) is 0 Å². The topological polar surface area (TPSA) is 40.5 Å². The van der Waals surface area contributed by atoms with E-state index in [1.807, 2.05) is 6.07 Å². The van der Waals surface area contributed by atoms with Gasteiger partial charge in [0, 0.05) is 12.1 Å². The molecule has 19 heavy (non-hydrogen) atoms. The molecule has 102 valence electrons. The van der Waals surface area contributed by atoms with Gasteiger partial charge in [0.1, 0.15) is 0 Å². The standard InChI is InChI=1S/C16H21NO2/c1-4-7-17(8-5-2)12-14-9-13(6-3)10-15(11-14)16(18)19/h3,9-11H,4-5,7-8,12H2,1-2H3,(H,18,19). The largest absolute Gasteiger partial charge is 0.478 e. The minimum Gasteiger partial charge on any atom is -0.478 e. The highest BCUT2D eigenvalue weighted by Crippen LogP contribution is 2.13. The van der Waals surface area contributed by atoms with Crippen molar-refractivity contribution in [2.24, 2.45) is 0 Å². The number of carboxylic acids is 1. The molecule has 1 aromatic rings. The summed E-state index contributed by atoms with van der Waals surface area (Å²) in [6, 6.07) is 5.14. The Hall–Kier alpha value is -1.79. The summed E-state index contributed by atoms with van der Waals surface area (Å²) in [5.41, 5.74) is 1.86. The number of benzene rings is 1. The average molecular weight is 259 g/mol. The Kier molecular flexibility index (Phi) is 6.11. The minimum absolute atomic E-state index is 0.262. The zero-order chi connectivity index (χ0) is 14.3. The van der Waals surface area contributed by atoms with Crippen molar-refractivity contribution in [3.05, 3.63) is 34.9 Å². The van der Waals surface area contributed by atoms with E-state index in [1.54, 1.807) is 6.07 Å². The number of nitrogens with zero attached hydrogens (tertiary/aromatic N) is 1. The van der Waals surface area contributed by atoms with Crippen LogP contribution < -0.4 is 0 Å². The van der Waals surface area contributed by atoms with Crippen LogP contribution in [0.15, 0.2) is 18.2 Å². The van der Waals surface area contributed by atoms with Crippen LogP contribution in [0.3, 0.4) is 0 Å². The Morgan fingerprint density at radius 1 is 1.26 bits per heavy atom. The summed E-state index contributed by atoms with van der Waals surface area (Å²) >= 11 is 0. The van der Waals surface area contributed by atoms with Crippen molar-refractivity contribution >= 4 is 5.97 Å². The zero-order valence-corrected chi connectivity index (χ0v) is 11.6. The maximum Gasteiger partial charge on any atom is 0.335 e. The molecule has 0 saturated carbocycles. The van der Waals surface area contributed by atoms with Gasteiger partial charge in [-0.1, -0.05) is 19.8 Å². The Labute approximate surface area is 115 Å². The van der Waals surface area contributed by atoms with Gasteiger partial charge in [-0.2, -0.15) is 0 Å². The maximum atomic E-state index is 11.1. The number of rotatable bonds is 7. The fourth-order valence-corrected chi connectivity index (χ4v) is 2.15. The average Bonchev–Trinajstić information content (AvgIpc) is 2.38. The monoisotopic (exact) mass is 259 g/mol. The Morgan fingerprint density at radius 2 is 1.89 bits per heavy atom. The summed E-state index contributed by atoms with van der Waals surface area (Å²) in [7, 11) is 0. The van der Waals surface area contributed by atoms with Crippen molar-refractivity contribution in [3.8, 4) is 12.3 Å². The molecule has 0 heterocycles. The SMILES string of the molecule is C#Cc1cc(CN(CCC)CCC)cc(C(=O)O)c1. The molecule has 0 fully saturated rings. The Bertz CT molecular complexity index is 468. The number of carbonyl (C=O) groups is 1. The van der Waals surface area contributed by atoms with Crippen molar-refractivity contribution in [2.75, 3.05) is 13.1 Å². The summed E-state index contributed by atoms with van der Waals surface area (Å²) in [5.74, 6) is 1.58. The predicted molar refractivity (Wildman–Crippen MR) is 77.2 cm³/mol. The molecule has 0 saturated heterocycles. The van der Waals surface area contributed by atoms with E-state index in [0.717, 1.165) is 38.0 Å². The molecule has 1 aromatic carbocycles. The summed E-state index contributed by atoms with van der Waals surface area (Å²) in [6.07, 6.45) is 7.55. The molecule has 0 amide bonds. The number of hydrogen-bond acceptors (Lipinski definition) is 2. The van der Waals surface area contributed by atoms with E-state index in [1.165, 1.54) is 6.07 Å². The van der Waals surface area contributed by atoms with Crippen LogP contribution in [-0.2, 0) is 6.54 Å². The van der Waals surface area contributed by atoms with Crippen LogP contribution in [0.4, 0.5) is 0 Å². The smallest absolute Gasteiger partial charge is 0.335 e. The molecule has 3 nitrogen and oxygen atoms in total. The quantitative estimate of drug-likeness (QED) is 0.765. The van der Waals surface area contributed by atoms with E-state index in [9.17, 15) is 4.79 Å². The molecule has 0 aromatic heterocycles. The lowest BCUT2D eigenvalue weighted by atomic mass is 10.1. The fraction of sp³-hybridized carbons (Fsp3) is 0.438. The van der Waals surface area contributed by atoms with Gasteiger partial charge in [0.25, 0.3) is 0 Å². The molecular weight excluding hydrogens is 238 g/mol. The third kappa shape index (κ3) is 4.76. The van der Waals surface area contributed by atoms with Crippen molar-refractivity contribution in [1.82, 2.24) is 4.90 Å². The van der Waals surface area contributed by atoms with Gasteiger partial charge in [0.05, 0.1) is 5.56 Å². The van der Waals surface area contributed by atoms with Gasteiger partial charge < -0.3 is 5.11 Å². The molecule has 1 rings (SSSR count). The maximum absolute atomic E-state index is 11.1. The van der Waals surface area contributed by atoms with Gasteiger partial charge in [-0.05, 0) is 49.7 Å². The van der Waals surface area contributed by atoms with Crippen LogP contribution in [0, 0.1) is 12.3 Å². The second-order valence-electron chi connectivity index (χ2n) is 4.64. The third-order valence-corrected chi connectivity index (χ3v) is 2.89. The molecule has 0 aliphatic carbocycles. The number of carboxylic acid groups (broad SMARTS) is 1. The molecule has 0 aliphatic heterocycles. The third-order valence-electron chi connectivity index (χ3n) is 2.89. The fourth-order valence-electron chi connectivity index (χ4n) is 2.15. The molecule has 0 bridgehead atoms. The summed E-state index contributed by atoms with van der Waals surface area (Å²) < 4.78 is 0. The van der Waals surface area contributed by atoms with Gasteiger partial charge in [-0.15, -0.1) is 6.42 Å². The summed E-state index contributed by atoms with van der Waals surface area (Å²) in [6.45, 7) is 7.05. The molecule has 3 heteroatoms. The van der Waals surface area contributed by atoms with Crippen molar-refractivity contribution in [3.63, 3.8) is 0 Å². The number of hydrogen-bond donors (Lipinski definition) is 1. The molecule has 0 aliphatic rings. The Morgan fingerprint density at radius 3 is 2.37 bits per heavy atom. The van der Waals surface area contributed by atoms with Gasteiger partial charge in [0.15, 0.2) is 0 Å². The summed E-state index contributed by atoms with van der Waals surface area (Å²) in [5, 5.41) is 9.09. The van der Waals surface area contributed by atoms with Crippen LogP contribution >= 0.6 is 0 Å². The zero-order valence-electron chi connectivity index (χ0n) is 11.6. The molecule has 0 radical (unpaired) electrons. The second kappa shape index (κ2) is 7.60. The Balaban J connectivity index is 2.95. The molecule has 0 atom stereocenters. The predicted octanol–water partition coefficient (Wildman–Crippen LogP) is 2.99. The number of aromatic carboxylic acids is 1. The molecule has 0 spiro atoms. The second-order valence-corrected chi connectivity index (χ2v) is 4.64. The molecule has 0 unspecified atom stereocenters. The van der Waals surface area contributed by atoms with Crippen LogP contribution in [0.5, 0.6) is 0 Å². The first-order valence-electron chi connectivity index (χ1n) is 6.66. The first-order valence-corrected chi connectivity index (χ1v) is 6.66. The van der Waals surface area contributed by atoms with Gasteiger partial charge in [-0.25, -0.2) is 4.79 Å². The first kappa shape index (κ1) is 15.3. The van der Waals surface area contributed by atoms with Gasteiger partial charge in [0.2, 0.25) is 0 Å². The highest BCUT2D eigenvalue weighted by molar-refractivity contribution is 5.88. The normalized spacial score (nSPS) is 10.4. The van der Waals surface area contributed by atoms with E-state index in [0.29, 0.717) is 5.56 Å². The van der Waals surface area contributed by atoms with Crippen LogP contribution in [0.25, 0.3) is 0 Å². The summed E-state index contributed by atoms with van der Waals surface area (Å²) in [4.78, 5) is 13.4. The van der Waals surface area contributed by atoms with Gasteiger partial charge in [-0.3, -0.25) is 4.90 Å². The minimum atomic E-state index is -0.934. The van der Waals surface area contributed by atoms with E-state index < -0.39 is 5.97 Å². The van der Waals surface area contributed by atoms with E-state index >= 15 is 0 Å². The number of terminal acetylenes is 1. The molecule has 1 N–H and O–H groups in total. The lowest BCUT2D eigenvalue weighted by Gasteiger charge is -2.21. The van der Waals surface area contributed by atoms with E-state index in [-0.39, 0.29) is 5.56 Å². The first-order chi connectivity index (χ1) is 9.10. The van der Waals surface area contributed by atoms with E-state index in [4.69, 9.17) is 11.5 Å². The highest BCUT2D eigenvalue weighted by Gasteiger charge is 2.09. The molecular formula is C16H21NO2. The van der Waals surface area contributed by atoms with Crippen molar-refractivity contribution in [1.29, 1.82) is 0 Å².